The maximum Gasteiger partial charge on any atom is 0.230 e. The van der Waals surface area contributed by atoms with E-state index in [-0.39, 0.29) is 5.91 Å². The summed E-state index contributed by atoms with van der Waals surface area (Å²) in [5, 5.41) is 5.07. The van der Waals surface area contributed by atoms with E-state index in [1.165, 1.54) is 0 Å². The number of hydrogen-bond donors (Lipinski definition) is 2. The molecule has 1 aromatic carbocycles. The number of carbonyl (C=O) groups excluding carboxylic acids is 1. The molecule has 0 aliphatic heterocycles. The van der Waals surface area contributed by atoms with Crippen molar-refractivity contribution in [1.29, 1.82) is 0 Å². The standard InChI is InChI=1S/C16H17N3O/c1-16(2,3)15(20)19-14-8-11-10-6-4-5-7-12(10)18-13(11)9-17-14/h4-9,18H,1-3H3,(H,17,19,20). The van der Waals surface area contributed by atoms with Gasteiger partial charge in [-0.2, -0.15) is 0 Å². The van der Waals surface area contributed by atoms with Gasteiger partial charge in [0.05, 0.1) is 11.7 Å². The first-order valence-electron chi connectivity index (χ1n) is 6.63. The minimum Gasteiger partial charge on any atom is -0.353 e. The van der Waals surface area contributed by atoms with Crippen LogP contribution in [0.3, 0.4) is 0 Å². The molecule has 2 N–H and O–H groups in total. The molecular formula is C16H17N3O. The van der Waals surface area contributed by atoms with E-state index in [2.05, 4.69) is 21.4 Å². The van der Waals surface area contributed by atoms with E-state index in [4.69, 9.17) is 0 Å². The van der Waals surface area contributed by atoms with Crippen molar-refractivity contribution in [3.05, 3.63) is 36.5 Å². The van der Waals surface area contributed by atoms with Crippen molar-refractivity contribution in [3.8, 4) is 0 Å². The van der Waals surface area contributed by atoms with Crippen molar-refractivity contribution in [1.82, 2.24) is 9.97 Å². The molecule has 0 radical (unpaired) electrons. The second-order valence-electron chi connectivity index (χ2n) is 5.99. The minimum atomic E-state index is -0.434. The largest absolute Gasteiger partial charge is 0.353 e. The molecule has 0 fully saturated rings. The number of pyridine rings is 1. The summed E-state index contributed by atoms with van der Waals surface area (Å²) in [6, 6.07) is 10.0. The van der Waals surface area contributed by atoms with Crippen molar-refractivity contribution in [2.75, 3.05) is 5.32 Å². The fraction of sp³-hybridized carbons (Fsp3) is 0.250. The van der Waals surface area contributed by atoms with Crippen LogP contribution < -0.4 is 5.32 Å². The van der Waals surface area contributed by atoms with Crippen molar-refractivity contribution in [3.63, 3.8) is 0 Å². The van der Waals surface area contributed by atoms with E-state index in [9.17, 15) is 4.79 Å². The van der Waals surface area contributed by atoms with Crippen molar-refractivity contribution < 1.29 is 4.79 Å². The van der Waals surface area contributed by atoms with E-state index in [1.54, 1.807) is 6.20 Å². The summed E-state index contributed by atoms with van der Waals surface area (Å²) < 4.78 is 0. The molecule has 1 amide bonds. The maximum absolute atomic E-state index is 12.0. The van der Waals surface area contributed by atoms with E-state index in [0.29, 0.717) is 5.82 Å². The molecule has 3 rings (SSSR count). The van der Waals surface area contributed by atoms with Gasteiger partial charge in [0.15, 0.2) is 0 Å². The van der Waals surface area contributed by atoms with E-state index in [0.717, 1.165) is 21.8 Å². The molecule has 0 saturated heterocycles. The Morgan fingerprint density at radius 2 is 1.90 bits per heavy atom. The molecule has 0 bridgehead atoms. The Balaban J connectivity index is 2.06. The van der Waals surface area contributed by atoms with Crippen LogP contribution in [0, 0.1) is 5.41 Å². The summed E-state index contributed by atoms with van der Waals surface area (Å²) >= 11 is 0. The average molecular weight is 267 g/mol. The zero-order valence-corrected chi connectivity index (χ0v) is 11.8. The second-order valence-corrected chi connectivity index (χ2v) is 5.99. The highest BCUT2D eigenvalue weighted by molar-refractivity contribution is 6.08. The Kier molecular flexibility index (Phi) is 2.74. The number of fused-ring (bicyclic) bond motifs is 3. The molecule has 4 heteroatoms. The van der Waals surface area contributed by atoms with Crippen LogP contribution in [0.25, 0.3) is 21.8 Å². The van der Waals surface area contributed by atoms with Crippen LogP contribution in [-0.2, 0) is 4.79 Å². The third-order valence-electron chi connectivity index (χ3n) is 3.31. The summed E-state index contributed by atoms with van der Waals surface area (Å²) in [6.07, 6.45) is 1.76. The topological polar surface area (TPSA) is 57.8 Å². The molecule has 102 valence electrons. The Morgan fingerprint density at radius 1 is 1.15 bits per heavy atom. The fourth-order valence-electron chi connectivity index (χ4n) is 2.12. The second kappa shape index (κ2) is 4.34. The molecule has 0 aliphatic rings. The lowest BCUT2D eigenvalue weighted by Crippen LogP contribution is -2.27. The summed E-state index contributed by atoms with van der Waals surface area (Å²) in [5.41, 5.74) is 1.61. The highest BCUT2D eigenvalue weighted by Gasteiger charge is 2.21. The molecule has 0 spiro atoms. The van der Waals surface area contributed by atoms with Crippen LogP contribution in [0.5, 0.6) is 0 Å². The number of benzene rings is 1. The molecule has 0 aliphatic carbocycles. The third-order valence-corrected chi connectivity index (χ3v) is 3.31. The monoisotopic (exact) mass is 267 g/mol. The number of carbonyl (C=O) groups is 1. The zero-order valence-electron chi connectivity index (χ0n) is 11.8. The number of H-pyrrole nitrogens is 1. The Hall–Kier alpha value is -2.36. The van der Waals surface area contributed by atoms with Crippen molar-refractivity contribution >= 4 is 33.5 Å². The van der Waals surface area contributed by atoms with E-state index < -0.39 is 5.41 Å². The van der Waals surface area contributed by atoms with Crippen molar-refractivity contribution in [2.45, 2.75) is 20.8 Å². The Bertz CT molecular complexity index is 796. The number of amides is 1. The summed E-state index contributed by atoms with van der Waals surface area (Å²) in [5.74, 6) is 0.548. The van der Waals surface area contributed by atoms with E-state index in [1.807, 2.05) is 45.0 Å². The van der Waals surface area contributed by atoms with Crippen LogP contribution in [0.4, 0.5) is 5.82 Å². The molecule has 3 aromatic rings. The quantitative estimate of drug-likeness (QED) is 0.706. The van der Waals surface area contributed by atoms with Gasteiger partial charge in [0.2, 0.25) is 5.91 Å². The number of aromatic nitrogens is 2. The molecule has 4 nitrogen and oxygen atoms in total. The van der Waals surface area contributed by atoms with Crippen LogP contribution >= 0.6 is 0 Å². The SMILES string of the molecule is CC(C)(C)C(=O)Nc1cc2c(cn1)[nH]c1ccccc12. The zero-order chi connectivity index (χ0) is 14.3. The number of nitrogens with one attached hydrogen (secondary N) is 2. The van der Waals surface area contributed by atoms with Crippen LogP contribution in [0.2, 0.25) is 0 Å². The lowest BCUT2D eigenvalue weighted by Gasteiger charge is -2.17. The van der Waals surface area contributed by atoms with Crippen LogP contribution in [0.1, 0.15) is 20.8 Å². The van der Waals surface area contributed by atoms with Gasteiger partial charge in [0.1, 0.15) is 5.82 Å². The maximum atomic E-state index is 12.0. The number of rotatable bonds is 1. The lowest BCUT2D eigenvalue weighted by molar-refractivity contribution is -0.123. The van der Waals surface area contributed by atoms with Gasteiger partial charge >= 0.3 is 0 Å². The van der Waals surface area contributed by atoms with Gasteiger partial charge < -0.3 is 10.3 Å². The number of para-hydroxylation sites is 1. The number of hydrogen-bond acceptors (Lipinski definition) is 2. The Labute approximate surface area is 117 Å². The summed E-state index contributed by atoms with van der Waals surface area (Å²) in [6.45, 7) is 5.64. The van der Waals surface area contributed by atoms with Crippen LogP contribution in [-0.4, -0.2) is 15.9 Å². The van der Waals surface area contributed by atoms with Crippen molar-refractivity contribution in [2.24, 2.45) is 5.41 Å². The molecular weight excluding hydrogens is 250 g/mol. The van der Waals surface area contributed by atoms with Gasteiger partial charge in [0, 0.05) is 21.7 Å². The first-order valence-corrected chi connectivity index (χ1v) is 6.63. The van der Waals surface area contributed by atoms with Gasteiger partial charge in [-0.1, -0.05) is 39.0 Å². The van der Waals surface area contributed by atoms with Gasteiger partial charge in [-0.25, -0.2) is 4.98 Å². The van der Waals surface area contributed by atoms with Gasteiger partial charge in [-0.15, -0.1) is 0 Å². The number of anilines is 1. The third kappa shape index (κ3) is 2.13. The molecule has 2 heterocycles. The lowest BCUT2D eigenvalue weighted by atomic mass is 9.96. The molecule has 0 unspecified atom stereocenters. The smallest absolute Gasteiger partial charge is 0.230 e. The normalized spacial score (nSPS) is 11.9. The number of nitrogens with zero attached hydrogens (tertiary/aromatic N) is 1. The fourth-order valence-corrected chi connectivity index (χ4v) is 2.12. The first-order chi connectivity index (χ1) is 9.45. The molecule has 2 aromatic heterocycles. The predicted molar refractivity (Wildman–Crippen MR) is 81.7 cm³/mol. The van der Waals surface area contributed by atoms with Gasteiger partial charge in [-0.05, 0) is 12.1 Å². The van der Waals surface area contributed by atoms with E-state index >= 15 is 0 Å². The van der Waals surface area contributed by atoms with Gasteiger partial charge in [-0.3, -0.25) is 4.79 Å². The molecule has 20 heavy (non-hydrogen) atoms. The predicted octanol–water partition coefficient (Wildman–Crippen LogP) is 3.70. The van der Waals surface area contributed by atoms with Gasteiger partial charge in [0.25, 0.3) is 0 Å². The Morgan fingerprint density at radius 3 is 2.65 bits per heavy atom. The molecule has 0 atom stereocenters. The first kappa shape index (κ1) is 12.7. The number of aromatic amines is 1. The minimum absolute atomic E-state index is 0.0378. The summed E-state index contributed by atoms with van der Waals surface area (Å²) in [4.78, 5) is 19.6. The molecule has 0 saturated carbocycles. The highest BCUT2D eigenvalue weighted by Crippen LogP contribution is 2.26. The average Bonchev–Trinajstić information content (AvgIpc) is 2.76. The summed E-state index contributed by atoms with van der Waals surface area (Å²) in [7, 11) is 0. The highest BCUT2D eigenvalue weighted by atomic mass is 16.2. The van der Waals surface area contributed by atoms with Crippen LogP contribution in [0.15, 0.2) is 36.5 Å².